The van der Waals surface area contributed by atoms with E-state index in [-0.39, 0.29) is 35.0 Å². The Morgan fingerprint density at radius 2 is 1.61 bits per heavy atom. The number of rotatable bonds is 12. The highest BCUT2D eigenvalue weighted by atomic mass is 16.8. The topological polar surface area (TPSA) is 373 Å². The lowest BCUT2D eigenvalue weighted by atomic mass is 9.97. The number of carbonyl (C=O) groups excluding carboxylic acids is 1. The van der Waals surface area contributed by atoms with Crippen molar-refractivity contribution in [1.82, 2.24) is 0 Å². The summed E-state index contributed by atoms with van der Waals surface area (Å²) in [7, 11) is 2.66. The number of methoxy groups -OCH3 is 2. The van der Waals surface area contributed by atoms with Crippen LogP contribution in [0.5, 0.6) is 28.7 Å². The minimum Gasteiger partial charge on any atom is -0.508 e. The number of benzene rings is 2. The Morgan fingerprint density at radius 1 is 0.870 bits per heavy atom. The van der Waals surface area contributed by atoms with Gasteiger partial charge in [-0.05, 0) is 38.1 Å². The maximum atomic E-state index is 14.6. The molecule has 14 atom stereocenters. The number of hydrogen-bond donors (Lipinski definition) is 12. The van der Waals surface area contributed by atoms with Crippen molar-refractivity contribution < 1.29 is 113 Å². The van der Waals surface area contributed by atoms with Gasteiger partial charge < -0.3 is 108 Å². The van der Waals surface area contributed by atoms with E-state index in [1.807, 2.05) is 0 Å². The average Bonchev–Trinajstić information content (AvgIpc) is 4.11. The number of allylic oxidation sites excluding steroid dienone is 3. The molecule has 9 rings (SSSR count). The van der Waals surface area contributed by atoms with E-state index in [1.165, 1.54) is 46.3 Å². The lowest BCUT2D eigenvalue weighted by molar-refractivity contribution is -0.264. The standard InChI is InChI=1S/C45H46O24/c1-14-28(50)33(55)34(56)42(62-14)66-37-39(58)44(59)40(64-25(49)8-5-16-9-23(60-3)30(52)24(10-16)61-4)41(44)67-43(37)65-36-31(53)26-21(48)12-18(69-45-27(38(45)57)32(54)29(51)15(2)68-45)13-22(26)63-35(36)17-6-7-19(46)20(47)11-17/h5-9,11-16,27-28,33,37-41,43,46-48,50-52,54-59H,10H2,1-4H3/b8-5+/t14?,15?,16?,27?,28-,33?,37?,38?,39?,40?,41?,43+,44+,45?/m0/s1. The van der Waals surface area contributed by atoms with Crippen molar-refractivity contribution in [2.45, 2.75) is 92.9 Å². The highest BCUT2D eigenvalue weighted by molar-refractivity contribution is 5.88. The van der Waals surface area contributed by atoms with Crippen LogP contribution in [0.15, 0.2) is 98.3 Å². The molecule has 3 aromatic rings. The number of esters is 1. The molecule has 370 valence electrons. The molecule has 11 unspecified atom stereocenters. The molecule has 0 amide bonds. The van der Waals surface area contributed by atoms with Crippen LogP contribution in [0.2, 0.25) is 0 Å². The van der Waals surface area contributed by atoms with Crippen molar-refractivity contribution in [2.24, 2.45) is 11.8 Å². The van der Waals surface area contributed by atoms with Gasteiger partial charge in [0.15, 0.2) is 52.3 Å². The third-order valence-corrected chi connectivity index (χ3v) is 12.7. The third-order valence-electron chi connectivity index (χ3n) is 12.7. The van der Waals surface area contributed by atoms with Crippen molar-refractivity contribution in [3.05, 3.63) is 99.3 Å². The minimum atomic E-state index is -2.48. The number of ether oxygens (including phenoxy) is 9. The summed E-state index contributed by atoms with van der Waals surface area (Å²) >= 11 is 0. The molecule has 2 saturated carbocycles. The Labute approximate surface area is 387 Å². The maximum Gasteiger partial charge on any atom is 0.330 e. The maximum absolute atomic E-state index is 14.6. The Morgan fingerprint density at radius 3 is 2.30 bits per heavy atom. The largest absolute Gasteiger partial charge is 0.508 e. The Kier molecular flexibility index (Phi) is 11.5. The number of fused-ring (bicyclic) bond motifs is 3. The van der Waals surface area contributed by atoms with Crippen LogP contribution in [-0.2, 0) is 38.0 Å². The molecule has 6 aliphatic rings. The van der Waals surface area contributed by atoms with E-state index in [0.717, 1.165) is 30.3 Å². The second-order valence-corrected chi connectivity index (χ2v) is 17.1. The van der Waals surface area contributed by atoms with Crippen LogP contribution in [0.25, 0.3) is 22.3 Å². The number of aromatic hydroxyl groups is 3. The van der Waals surface area contributed by atoms with Gasteiger partial charge in [-0.15, -0.1) is 0 Å². The fourth-order valence-corrected chi connectivity index (χ4v) is 8.75. The first-order chi connectivity index (χ1) is 32.6. The molecule has 24 heteroatoms. The number of hydrogen-bond acceptors (Lipinski definition) is 24. The van der Waals surface area contributed by atoms with Gasteiger partial charge in [0.05, 0.1) is 14.2 Å². The van der Waals surface area contributed by atoms with Crippen molar-refractivity contribution >= 4 is 16.9 Å². The van der Waals surface area contributed by atoms with E-state index in [9.17, 15) is 70.9 Å². The monoisotopic (exact) mass is 970 g/mol. The molecule has 3 fully saturated rings. The SMILES string of the molecule is COC1=CC(/C=C/C(=O)OC2C3O[C@@H](Oc4c(-c5ccc(O)c(O)c5)oc5cc(OC67OC(C)C(O)=C(O)C6C7O)cc(O)c5c4=O)C(OC4=C(O)C(O)[C@@H](O)C(C)O4)C(O)[C@@]23O)CC(OC)=C1O. The number of carbonyl (C=O) groups is 1. The molecule has 69 heavy (non-hydrogen) atoms. The van der Waals surface area contributed by atoms with Gasteiger partial charge in [0, 0.05) is 36.1 Å². The van der Waals surface area contributed by atoms with E-state index in [0.29, 0.717) is 0 Å². The second kappa shape index (κ2) is 16.9. The van der Waals surface area contributed by atoms with Gasteiger partial charge in [-0.25, -0.2) is 4.79 Å². The zero-order valence-corrected chi connectivity index (χ0v) is 36.5. The zero-order chi connectivity index (χ0) is 49.8. The highest BCUT2D eigenvalue weighted by Crippen LogP contribution is 2.57. The van der Waals surface area contributed by atoms with E-state index in [1.54, 1.807) is 0 Å². The first kappa shape index (κ1) is 47.0. The van der Waals surface area contributed by atoms with Crippen LogP contribution < -0.4 is 14.9 Å². The number of phenolic OH excluding ortho intramolecular Hbond substituents is 3. The Bertz CT molecular complexity index is 2830. The summed E-state index contributed by atoms with van der Waals surface area (Å²) in [5.41, 5.74) is -4.24. The van der Waals surface area contributed by atoms with Crippen molar-refractivity contribution in [1.29, 1.82) is 0 Å². The van der Waals surface area contributed by atoms with Gasteiger partial charge in [-0.3, -0.25) is 4.79 Å². The molecular formula is C45H46O24. The minimum absolute atomic E-state index is 0.0788. The number of phenols is 3. The van der Waals surface area contributed by atoms with E-state index in [2.05, 4.69) is 0 Å². The fraction of sp³-hybridized carbons (Fsp3) is 0.422. The van der Waals surface area contributed by atoms with Crippen LogP contribution in [0.3, 0.4) is 0 Å². The summed E-state index contributed by atoms with van der Waals surface area (Å²) in [5, 5.41) is 128. The van der Waals surface area contributed by atoms with Crippen molar-refractivity contribution in [2.75, 3.05) is 14.2 Å². The Balaban J connectivity index is 1.08. The first-order valence-corrected chi connectivity index (χ1v) is 21.1. The van der Waals surface area contributed by atoms with Gasteiger partial charge in [-0.2, -0.15) is 0 Å². The van der Waals surface area contributed by atoms with Crippen molar-refractivity contribution in [3.8, 4) is 40.1 Å². The van der Waals surface area contributed by atoms with Crippen LogP contribution in [0.1, 0.15) is 20.3 Å². The lowest BCUT2D eigenvalue weighted by Gasteiger charge is -2.39. The normalized spacial score (nSPS) is 34.9. The number of aliphatic hydroxyl groups excluding tert-OH is 8. The predicted molar refractivity (Wildman–Crippen MR) is 225 cm³/mol. The molecule has 3 aliphatic heterocycles. The summed E-state index contributed by atoms with van der Waals surface area (Å²) in [6.45, 7) is 2.68. The average molecular weight is 971 g/mol. The van der Waals surface area contributed by atoms with E-state index in [4.69, 9.17) is 47.0 Å². The molecule has 0 spiro atoms. The van der Waals surface area contributed by atoms with Crippen molar-refractivity contribution in [3.63, 3.8) is 0 Å². The smallest absolute Gasteiger partial charge is 0.330 e. The third kappa shape index (κ3) is 7.60. The molecule has 1 aromatic heterocycles. The van der Waals surface area contributed by atoms with Gasteiger partial charge in [0.1, 0.15) is 82.6 Å². The molecule has 2 aromatic carbocycles. The summed E-state index contributed by atoms with van der Waals surface area (Å²) in [5.74, 6) is -11.6. The molecule has 1 saturated heterocycles. The van der Waals surface area contributed by atoms with Gasteiger partial charge in [-0.1, -0.05) is 6.08 Å². The first-order valence-electron chi connectivity index (χ1n) is 21.1. The van der Waals surface area contributed by atoms with Gasteiger partial charge >= 0.3 is 11.9 Å². The summed E-state index contributed by atoms with van der Waals surface area (Å²) in [4.78, 5) is 27.9. The van der Waals surface area contributed by atoms with Crippen LogP contribution >= 0.6 is 0 Å². The van der Waals surface area contributed by atoms with E-state index >= 15 is 0 Å². The summed E-state index contributed by atoms with van der Waals surface area (Å²) in [6, 6.07) is 5.21. The molecule has 24 nitrogen and oxygen atoms in total. The molecule has 0 bridgehead atoms. The van der Waals surface area contributed by atoms with E-state index < -0.39 is 159 Å². The van der Waals surface area contributed by atoms with Crippen LogP contribution in [0.4, 0.5) is 0 Å². The second-order valence-electron chi connectivity index (χ2n) is 17.1. The quantitative estimate of drug-likeness (QED) is 0.0691. The molecule has 3 aliphatic carbocycles. The van der Waals surface area contributed by atoms with Gasteiger partial charge in [0.25, 0.3) is 5.79 Å². The molecular weight excluding hydrogens is 924 g/mol. The number of aliphatic hydroxyl groups is 9. The predicted octanol–water partition coefficient (Wildman–Crippen LogP) is 1.29. The summed E-state index contributed by atoms with van der Waals surface area (Å²) in [6.07, 6.45) is -13.2. The summed E-state index contributed by atoms with van der Waals surface area (Å²) < 4.78 is 57.1. The van der Waals surface area contributed by atoms with Crippen LogP contribution in [-0.4, -0.2) is 154 Å². The lowest BCUT2D eigenvalue weighted by Crippen LogP contribution is -2.57. The molecule has 4 heterocycles. The fourth-order valence-electron chi connectivity index (χ4n) is 8.75. The highest BCUT2D eigenvalue weighted by Gasteiger charge is 2.79. The molecule has 0 radical (unpaired) electrons. The van der Waals surface area contributed by atoms with Crippen LogP contribution in [0, 0.1) is 11.8 Å². The Hall–Kier alpha value is -7.06. The molecule has 12 N–H and O–H groups in total. The zero-order valence-electron chi connectivity index (χ0n) is 36.5. The van der Waals surface area contributed by atoms with Gasteiger partial charge in [0.2, 0.25) is 23.2 Å².